The van der Waals surface area contributed by atoms with Gasteiger partial charge >= 0.3 is 5.97 Å². The first-order valence-corrected chi connectivity index (χ1v) is 12.7. The molecule has 1 aromatic heterocycles. The van der Waals surface area contributed by atoms with Crippen LogP contribution in [-0.4, -0.2) is 117 Å². The number of carbonyl (C=O) groups is 4. The molecule has 3 aliphatic heterocycles. The minimum atomic E-state index is -1.44. The van der Waals surface area contributed by atoms with Crippen LogP contribution in [0.3, 0.4) is 0 Å². The molecule has 2 saturated heterocycles. The largest absolute Gasteiger partial charge is 0.543 e. The lowest BCUT2D eigenvalue weighted by Gasteiger charge is -2.51. The second-order valence-corrected chi connectivity index (χ2v) is 10.5. The lowest BCUT2D eigenvalue weighted by atomic mass is 10.0. The van der Waals surface area contributed by atoms with Gasteiger partial charge in [0.1, 0.15) is 18.0 Å². The van der Waals surface area contributed by atoms with E-state index in [1.165, 1.54) is 11.8 Å². The van der Waals surface area contributed by atoms with Gasteiger partial charge in [0.2, 0.25) is 18.1 Å². The molecule has 4 heterocycles. The number of thioether (sulfide) groups is 1. The molecule has 2 amide bonds. The van der Waals surface area contributed by atoms with Crippen molar-refractivity contribution in [1.29, 1.82) is 0 Å². The number of amides is 2. The highest BCUT2D eigenvalue weighted by atomic mass is 32.2. The number of hydrogen-bond acceptors (Lipinski definition) is 13. The van der Waals surface area contributed by atoms with Crippen LogP contribution in [0.15, 0.2) is 16.4 Å². The van der Waals surface area contributed by atoms with Crippen molar-refractivity contribution in [2.75, 3.05) is 57.9 Å². The van der Waals surface area contributed by atoms with Crippen LogP contribution < -0.4 is 21.5 Å². The number of carbonyl (C=O) groups excluding carboxylic acids is 3. The van der Waals surface area contributed by atoms with Gasteiger partial charge in [-0.05, 0) is 0 Å². The third-order valence-electron chi connectivity index (χ3n) is 5.97. The standard InChI is InChI=1S/C19H24N8O7S2/c1-27(4-2-21-3-5-27)6-9-8-35-17-12(16(31)26(17)13(9)18(32)33)22-15(30)11(24-34-7-10(28)29)14-23-19(20)36-25-14/h12,17,21H,2-8H2,1H3,(H4-,20,22,23,25,28,29,30,32,33)/t12-,17-/m1/s1. The predicted molar refractivity (Wildman–Crippen MR) is 125 cm³/mol. The molecule has 194 valence electrons. The number of fused-ring (bicyclic) bond motifs is 1. The number of likely N-dealkylation sites (N-methyl/N-ethyl adjacent to an activating group) is 1. The number of carboxylic acids is 2. The lowest BCUT2D eigenvalue weighted by molar-refractivity contribution is -0.906. The predicted octanol–water partition coefficient (Wildman–Crippen LogP) is -3.62. The SMILES string of the molecule is C[N+]1(CC2=C(C(=O)[O-])N3C(=O)[C@@H](NC(=O)C(=NOCC(=O)O)c4nsc(N)n4)[C@H]3SC2)CCNCC1. The average molecular weight is 541 g/mol. The Labute approximate surface area is 213 Å². The zero-order valence-electron chi connectivity index (χ0n) is 19.1. The average Bonchev–Trinajstić information content (AvgIpc) is 3.25. The van der Waals surface area contributed by atoms with Crippen molar-refractivity contribution in [2.24, 2.45) is 5.16 Å². The number of carboxylic acid groups (broad SMARTS) is 2. The number of nitrogens with two attached hydrogens (primary N) is 1. The maximum absolute atomic E-state index is 13.0. The number of nitrogens with one attached hydrogen (secondary N) is 2. The third-order valence-corrected chi connectivity index (χ3v) is 7.85. The fourth-order valence-electron chi connectivity index (χ4n) is 4.22. The van der Waals surface area contributed by atoms with Crippen LogP contribution in [-0.2, 0) is 24.0 Å². The number of piperazine rings is 1. The number of nitrogen functional groups attached to an aromatic ring is 1. The van der Waals surface area contributed by atoms with Crippen molar-refractivity contribution in [3.05, 3.63) is 17.1 Å². The molecule has 4 rings (SSSR count). The van der Waals surface area contributed by atoms with E-state index in [9.17, 15) is 24.3 Å². The van der Waals surface area contributed by atoms with Crippen molar-refractivity contribution in [1.82, 2.24) is 24.9 Å². The first-order valence-electron chi connectivity index (χ1n) is 10.8. The van der Waals surface area contributed by atoms with Gasteiger partial charge in [0.05, 0.1) is 31.8 Å². The van der Waals surface area contributed by atoms with Crippen molar-refractivity contribution in [3.8, 4) is 0 Å². The molecule has 0 radical (unpaired) electrons. The van der Waals surface area contributed by atoms with Gasteiger partial charge in [0.15, 0.2) is 5.13 Å². The number of quaternary nitrogens is 1. The van der Waals surface area contributed by atoms with Crippen LogP contribution in [0.1, 0.15) is 5.82 Å². The van der Waals surface area contributed by atoms with E-state index in [4.69, 9.17) is 10.8 Å². The summed E-state index contributed by atoms with van der Waals surface area (Å²) in [5.41, 5.74) is 5.56. The summed E-state index contributed by atoms with van der Waals surface area (Å²) in [6.45, 7) is 2.94. The van der Waals surface area contributed by atoms with Crippen LogP contribution in [0, 0.1) is 0 Å². The molecule has 5 N–H and O–H groups in total. The molecule has 1 aromatic rings. The molecule has 0 aromatic carbocycles. The monoisotopic (exact) mass is 540 g/mol. The van der Waals surface area contributed by atoms with E-state index in [-0.39, 0.29) is 16.7 Å². The summed E-state index contributed by atoms with van der Waals surface area (Å²) >= 11 is 2.12. The number of nitrogens with zero attached hydrogens (tertiary/aromatic N) is 5. The normalized spacial score (nSPS) is 23.5. The molecule has 2 atom stereocenters. The fourth-order valence-corrected chi connectivity index (χ4v) is 5.99. The van der Waals surface area contributed by atoms with Gasteiger partial charge in [-0.15, -0.1) is 11.8 Å². The van der Waals surface area contributed by atoms with Crippen LogP contribution in [0.5, 0.6) is 0 Å². The molecular formula is C19H24N8O7S2. The molecule has 0 aliphatic carbocycles. The Morgan fingerprint density at radius 3 is 2.72 bits per heavy atom. The molecule has 15 nitrogen and oxygen atoms in total. The van der Waals surface area contributed by atoms with Gasteiger partial charge in [-0.3, -0.25) is 14.5 Å². The zero-order valence-corrected chi connectivity index (χ0v) is 20.8. The van der Waals surface area contributed by atoms with E-state index in [0.717, 1.165) is 42.6 Å². The minimum absolute atomic E-state index is 0.0366. The van der Waals surface area contributed by atoms with Crippen LogP contribution >= 0.6 is 23.3 Å². The first kappa shape index (κ1) is 25.8. The molecular weight excluding hydrogens is 516 g/mol. The van der Waals surface area contributed by atoms with E-state index < -0.39 is 47.5 Å². The van der Waals surface area contributed by atoms with E-state index in [0.29, 0.717) is 22.4 Å². The molecule has 2 fully saturated rings. The lowest BCUT2D eigenvalue weighted by Crippen LogP contribution is -2.72. The number of rotatable bonds is 9. The Balaban J connectivity index is 1.51. The van der Waals surface area contributed by atoms with Gasteiger partial charge in [0, 0.05) is 35.9 Å². The summed E-state index contributed by atoms with van der Waals surface area (Å²) in [6.07, 6.45) is 0. The number of oxime groups is 1. The Bertz CT molecular complexity index is 1150. The van der Waals surface area contributed by atoms with Gasteiger partial charge in [0.25, 0.3) is 11.8 Å². The summed E-state index contributed by atoms with van der Waals surface area (Å²) in [4.78, 5) is 58.4. The third kappa shape index (κ3) is 5.28. The maximum atomic E-state index is 13.0. The smallest absolute Gasteiger partial charge is 0.344 e. The van der Waals surface area contributed by atoms with Crippen molar-refractivity contribution in [2.45, 2.75) is 11.4 Å². The Hall–Kier alpha value is -3.28. The van der Waals surface area contributed by atoms with E-state index in [2.05, 4.69) is 30.0 Å². The highest BCUT2D eigenvalue weighted by Gasteiger charge is 2.53. The number of aliphatic carboxylic acids is 2. The zero-order chi connectivity index (χ0) is 26.0. The van der Waals surface area contributed by atoms with E-state index >= 15 is 0 Å². The molecule has 17 heteroatoms. The van der Waals surface area contributed by atoms with E-state index in [1.54, 1.807) is 0 Å². The van der Waals surface area contributed by atoms with Crippen molar-refractivity contribution < 1.29 is 38.7 Å². The molecule has 36 heavy (non-hydrogen) atoms. The van der Waals surface area contributed by atoms with Gasteiger partial charge in [-0.25, -0.2) is 4.79 Å². The Morgan fingerprint density at radius 1 is 1.39 bits per heavy atom. The quantitative estimate of drug-likeness (QED) is 0.103. The highest BCUT2D eigenvalue weighted by molar-refractivity contribution is 8.00. The molecule has 3 aliphatic rings. The molecule has 0 bridgehead atoms. The van der Waals surface area contributed by atoms with E-state index in [1.807, 2.05) is 7.05 Å². The second kappa shape index (κ2) is 10.4. The number of aromatic nitrogens is 2. The van der Waals surface area contributed by atoms with Gasteiger partial charge in [-0.2, -0.15) is 9.36 Å². The van der Waals surface area contributed by atoms with Crippen LogP contribution in [0.2, 0.25) is 0 Å². The summed E-state index contributed by atoms with van der Waals surface area (Å²) in [6, 6.07) is -1.05. The summed E-state index contributed by atoms with van der Waals surface area (Å²) in [5.74, 6) is -4.12. The van der Waals surface area contributed by atoms with Gasteiger partial charge < -0.3 is 40.7 Å². The Kier molecular flexibility index (Phi) is 7.43. The van der Waals surface area contributed by atoms with Crippen molar-refractivity contribution >= 4 is 57.9 Å². The Morgan fingerprint density at radius 2 is 2.11 bits per heavy atom. The fraction of sp³-hybridized carbons (Fsp3) is 0.526. The first-order chi connectivity index (χ1) is 17.1. The molecule has 0 unspecified atom stereocenters. The number of hydrogen-bond donors (Lipinski definition) is 4. The van der Waals surface area contributed by atoms with Crippen LogP contribution in [0.4, 0.5) is 5.13 Å². The second-order valence-electron chi connectivity index (χ2n) is 8.64. The number of anilines is 1. The van der Waals surface area contributed by atoms with Gasteiger partial charge in [-0.1, -0.05) is 5.16 Å². The minimum Gasteiger partial charge on any atom is -0.543 e. The maximum Gasteiger partial charge on any atom is 0.344 e. The van der Waals surface area contributed by atoms with Crippen molar-refractivity contribution in [3.63, 3.8) is 0 Å². The summed E-state index contributed by atoms with van der Waals surface area (Å²) < 4.78 is 4.53. The molecule has 0 spiro atoms. The molecule has 0 saturated carbocycles. The topological polar surface area (TPSA) is 212 Å². The van der Waals surface area contributed by atoms with Crippen LogP contribution in [0.25, 0.3) is 0 Å². The summed E-state index contributed by atoms with van der Waals surface area (Å²) in [7, 11) is 2.05. The number of β-lactam (4-membered cyclic amide) rings is 1. The highest BCUT2D eigenvalue weighted by Crippen LogP contribution is 2.40. The summed E-state index contributed by atoms with van der Waals surface area (Å²) in [5, 5.41) is 29.5.